The molecule has 3 rings (SSSR count). The highest BCUT2D eigenvalue weighted by molar-refractivity contribution is 5.84. The minimum atomic E-state index is 0.206. The monoisotopic (exact) mass is 317 g/mol. The molecule has 0 spiro atoms. The van der Waals surface area contributed by atoms with Gasteiger partial charge in [0.25, 0.3) is 0 Å². The van der Waals surface area contributed by atoms with E-state index < -0.39 is 0 Å². The van der Waals surface area contributed by atoms with Crippen molar-refractivity contribution in [2.45, 2.75) is 25.5 Å². The molecule has 0 unspecified atom stereocenters. The predicted octanol–water partition coefficient (Wildman–Crippen LogP) is 1.44. The van der Waals surface area contributed by atoms with Gasteiger partial charge in [0, 0.05) is 25.1 Å². The van der Waals surface area contributed by atoms with E-state index in [2.05, 4.69) is 47.5 Å². The van der Waals surface area contributed by atoms with Gasteiger partial charge in [0.2, 0.25) is 5.95 Å². The number of aryl methyl sites for hydroxylation is 1. The summed E-state index contributed by atoms with van der Waals surface area (Å²) in [5, 5.41) is 0. The molecule has 0 amide bonds. The van der Waals surface area contributed by atoms with Crippen molar-refractivity contribution in [2.75, 3.05) is 47.0 Å². The number of fused-ring (bicyclic) bond motifs is 3. The number of nitrogens with two attached hydrogens (primary N) is 1. The molecule has 0 bridgehead atoms. The second-order valence-corrected chi connectivity index (χ2v) is 6.89. The fourth-order valence-corrected chi connectivity index (χ4v) is 3.33. The zero-order valence-corrected chi connectivity index (χ0v) is 14.5. The van der Waals surface area contributed by atoms with Gasteiger partial charge >= 0.3 is 0 Å². The van der Waals surface area contributed by atoms with E-state index in [1.165, 1.54) is 5.56 Å². The molecule has 1 aliphatic rings. The number of aromatic nitrogens is 2. The van der Waals surface area contributed by atoms with Crippen molar-refractivity contribution in [3.8, 4) is 5.75 Å². The highest BCUT2D eigenvalue weighted by atomic mass is 16.5. The third-order valence-corrected chi connectivity index (χ3v) is 4.28. The van der Waals surface area contributed by atoms with Crippen LogP contribution >= 0.6 is 0 Å². The van der Waals surface area contributed by atoms with Crippen molar-refractivity contribution in [1.82, 2.24) is 19.4 Å². The number of nitrogens with zero attached hydrogens (tertiary/aromatic N) is 4. The van der Waals surface area contributed by atoms with Crippen LogP contribution in [-0.4, -0.2) is 66.7 Å². The Kier molecular flexibility index (Phi) is 4.46. The Morgan fingerprint density at radius 2 is 2.04 bits per heavy atom. The zero-order valence-electron chi connectivity index (χ0n) is 14.5. The van der Waals surface area contributed by atoms with Crippen LogP contribution in [-0.2, 0) is 13.0 Å². The molecule has 126 valence electrons. The van der Waals surface area contributed by atoms with E-state index >= 15 is 0 Å². The summed E-state index contributed by atoms with van der Waals surface area (Å²) in [7, 11) is 8.33. The maximum Gasteiger partial charge on any atom is 0.201 e. The fraction of sp³-hybridized carbons (Fsp3) is 0.588. The number of nitrogen functional groups attached to an aromatic ring is 1. The summed E-state index contributed by atoms with van der Waals surface area (Å²) >= 11 is 0. The van der Waals surface area contributed by atoms with E-state index in [4.69, 9.17) is 10.5 Å². The zero-order chi connectivity index (χ0) is 16.6. The predicted molar refractivity (Wildman–Crippen MR) is 94.0 cm³/mol. The average molecular weight is 317 g/mol. The van der Waals surface area contributed by atoms with Gasteiger partial charge in [0.1, 0.15) is 11.9 Å². The molecule has 1 atom stereocenters. The Bertz CT molecular complexity index is 692. The van der Waals surface area contributed by atoms with E-state index in [0.29, 0.717) is 5.95 Å². The molecule has 0 saturated heterocycles. The first-order chi connectivity index (χ1) is 11.0. The fourth-order valence-electron chi connectivity index (χ4n) is 3.33. The van der Waals surface area contributed by atoms with Crippen LogP contribution in [0.4, 0.5) is 5.95 Å². The lowest BCUT2D eigenvalue weighted by Gasteiger charge is -2.15. The number of anilines is 1. The van der Waals surface area contributed by atoms with Crippen molar-refractivity contribution in [3.05, 3.63) is 17.7 Å². The second kappa shape index (κ2) is 6.37. The quantitative estimate of drug-likeness (QED) is 0.873. The molecule has 6 heteroatoms. The van der Waals surface area contributed by atoms with Gasteiger partial charge in [0.05, 0.1) is 11.0 Å². The molecule has 6 nitrogen and oxygen atoms in total. The molecular weight excluding hydrogens is 290 g/mol. The first-order valence-electron chi connectivity index (χ1n) is 8.19. The van der Waals surface area contributed by atoms with Crippen LogP contribution in [0.3, 0.4) is 0 Å². The smallest absolute Gasteiger partial charge is 0.201 e. The first kappa shape index (κ1) is 16.1. The Balaban J connectivity index is 1.90. The number of hydrogen-bond acceptors (Lipinski definition) is 5. The SMILES string of the molecule is CN(C)CCCn1c(N)nc2ccc3c(c21)C[C@@H](CN(C)C)O3. The maximum absolute atomic E-state index is 6.17. The van der Waals surface area contributed by atoms with Crippen LogP contribution in [0.5, 0.6) is 5.75 Å². The molecule has 23 heavy (non-hydrogen) atoms. The summed E-state index contributed by atoms with van der Waals surface area (Å²) in [6.45, 7) is 2.84. The van der Waals surface area contributed by atoms with Crippen LogP contribution < -0.4 is 10.5 Å². The lowest BCUT2D eigenvalue weighted by atomic mass is 10.1. The topological polar surface area (TPSA) is 59.5 Å². The van der Waals surface area contributed by atoms with Crippen LogP contribution in [0.1, 0.15) is 12.0 Å². The summed E-state index contributed by atoms with van der Waals surface area (Å²) in [4.78, 5) is 8.89. The molecular formula is C17H27N5O. The molecule has 1 aromatic heterocycles. The first-order valence-corrected chi connectivity index (χ1v) is 8.19. The van der Waals surface area contributed by atoms with Gasteiger partial charge in [-0.1, -0.05) is 0 Å². The second-order valence-electron chi connectivity index (χ2n) is 6.89. The van der Waals surface area contributed by atoms with E-state index in [9.17, 15) is 0 Å². The summed E-state index contributed by atoms with van der Waals surface area (Å²) in [6.07, 6.45) is 2.18. The third kappa shape index (κ3) is 3.28. The van der Waals surface area contributed by atoms with E-state index in [-0.39, 0.29) is 6.10 Å². The largest absolute Gasteiger partial charge is 0.488 e. The van der Waals surface area contributed by atoms with E-state index in [0.717, 1.165) is 49.3 Å². The van der Waals surface area contributed by atoms with Gasteiger partial charge in [-0.25, -0.2) is 4.98 Å². The van der Waals surface area contributed by atoms with Gasteiger partial charge in [-0.15, -0.1) is 0 Å². The molecule has 1 aliphatic heterocycles. The van der Waals surface area contributed by atoms with Crippen LogP contribution in [0.15, 0.2) is 12.1 Å². The Morgan fingerprint density at radius 1 is 1.26 bits per heavy atom. The number of imidazole rings is 1. The van der Waals surface area contributed by atoms with Gasteiger partial charge in [0.15, 0.2) is 0 Å². The number of benzene rings is 1. The number of rotatable bonds is 6. The van der Waals surface area contributed by atoms with Crippen LogP contribution in [0.2, 0.25) is 0 Å². The van der Waals surface area contributed by atoms with E-state index in [1.807, 2.05) is 12.1 Å². The van der Waals surface area contributed by atoms with E-state index in [1.54, 1.807) is 0 Å². The third-order valence-electron chi connectivity index (χ3n) is 4.28. The lowest BCUT2D eigenvalue weighted by molar-refractivity contribution is 0.184. The highest BCUT2D eigenvalue weighted by Crippen LogP contribution is 2.36. The number of likely N-dealkylation sites (N-methyl/N-ethyl adjacent to an activating group) is 1. The Hall–Kier alpha value is -1.79. The molecule has 2 heterocycles. The van der Waals surface area contributed by atoms with Crippen molar-refractivity contribution < 1.29 is 4.74 Å². The minimum absolute atomic E-state index is 0.206. The van der Waals surface area contributed by atoms with Crippen molar-refractivity contribution in [1.29, 1.82) is 0 Å². The molecule has 2 N–H and O–H groups in total. The van der Waals surface area contributed by atoms with Crippen LogP contribution in [0, 0.1) is 0 Å². The van der Waals surface area contributed by atoms with Gasteiger partial charge in [-0.3, -0.25) is 0 Å². The Morgan fingerprint density at radius 3 is 2.74 bits per heavy atom. The Labute approximate surface area is 137 Å². The standard InChI is InChI=1S/C17H27N5O/c1-20(2)8-5-9-22-16-13-10-12(11-21(3)4)23-15(13)7-6-14(16)19-17(22)18/h6-7,12H,5,8-11H2,1-4H3,(H2,18,19)/t12-/m0/s1. The number of ether oxygens (including phenoxy) is 1. The molecule has 0 saturated carbocycles. The highest BCUT2D eigenvalue weighted by Gasteiger charge is 2.27. The van der Waals surface area contributed by atoms with Gasteiger partial charge in [-0.2, -0.15) is 0 Å². The minimum Gasteiger partial charge on any atom is -0.488 e. The molecule has 1 aromatic carbocycles. The maximum atomic E-state index is 6.17. The summed E-state index contributed by atoms with van der Waals surface area (Å²) in [5.41, 5.74) is 9.55. The van der Waals surface area contributed by atoms with Crippen molar-refractivity contribution in [3.63, 3.8) is 0 Å². The van der Waals surface area contributed by atoms with Crippen LogP contribution in [0.25, 0.3) is 11.0 Å². The lowest BCUT2D eigenvalue weighted by Crippen LogP contribution is -2.29. The van der Waals surface area contributed by atoms with Gasteiger partial charge < -0.3 is 24.8 Å². The molecule has 0 aliphatic carbocycles. The van der Waals surface area contributed by atoms with Crippen molar-refractivity contribution in [2.24, 2.45) is 0 Å². The summed E-state index contributed by atoms with van der Waals surface area (Å²) in [6, 6.07) is 4.05. The molecule has 0 fully saturated rings. The number of hydrogen-bond donors (Lipinski definition) is 1. The van der Waals surface area contributed by atoms with Crippen molar-refractivity contribution >= 4 is 17.0 Å². The normalized spacial score (nSPS) is 17.2. The molecule has 2 aromatic rings. The van der Waals surface area contributed by atoms with Gasteiger partial charge in [-0.05, 0) is 53.3 Å². The summed E-state index contributed by atoms with van der Waals surface area (Å²) < 4.78 is 8.25. The average Bonchev–Trinajstić information content (AvgIpc) is 2.98. The molecule has 0 radical (unpaired) electrons. The summed E-state index contributed by atoms with van der Waals surface area (Å²) in [5.74, 6) is 1.58.